The van der Waals surface area contributed by atoms with Crippen molar-refractivity contribution in [3.05, 3.63) is 35.4 Å². The lowest BCUT2D eigenvalue weighted by molar-refractivity contribution is -0.171. The molecule has 1 aromatic carbocycles. The standard InChI is InChI=1S/C13H16N2O2/c16-13(15-6-3-7-17-15)12-8-10-4-1-2-5-11(10)9-14-12/h1-2,4-5,12,14H,3,6-9H2. The highest BCUT2D eigenvalue weighted by Gasteiger charge is 2.30. The summed E-state index contributed by atoms with van der Waals surface area (Å²) in [5.41, 5.74) is 2.56. The fourth-order valence-corrected chi connectivity index (χ4v) is 2.42. The van der Waals surface area contributed by atoms with Gasteiger partial charge in [0.25, 0.3) is 5.91 Å². The molecule has 1 atom stereocenters. The van der Waals surface area contributed by atoms with E-state index in [9.17, 15) is 4.79 Å². The van der Waals surface area contributed by atoms with Gasteiger partial charge in [0.2, 0.25) is 0 Å². The summed E-state index contributed by atoms with van der Waals surface area (Å²) in [7, 11) is 0. The zero-order chi connectivity index (χ0) is 11.7. The number of hydroxylamine groups is 2. The number of hydrogen-bond donors (Lipinski definition) is 1. The van der Waals surface area contributed by atoms with Crippen molar-refractivity contribution in [2.75, 3.05) is 13.2 Å². The molecule has 1 N–H and O–H groups in total. The fourth-order valence-electron chi connectivity index (χ4n) is 2.42. The Kier molecular flexibility index (Phi) is 2.82. The van der Waals surface area contributed by atoms with Gasteiger partial charge in [-0.1, -0.05) is 24.3 Å². The Morgan fingerprint density at radius 3 is 2.94 bits per heavy atom. The van der Waals surface area contributed by atoms with Gasteiger partial charge in [0, 0.05) is 6.54 Å². The summed E-state index contributed by atoms with van der Waals surface area (Å²) in [6, 6.07) is 8.13. The second-order valence-corrected chi connectivity index (χ2v) is 4.53. The fraction of sp³-hybridized carbons (Fsp3) is 0.462. The number of nitrogens with one attached hydrogen (secondary N) is 1. The van der Waals surface area contributed by atoms with E-state index in [1.807, 2.05) is 12.1 Å². The lowest BCUT2D eigenvalue weighted by Gasteiger charge is -2.27. The summed E-state index contributed by atoms with van der Waals surface area (Å²) in [6.07, 6.45) is 1.70. The third-order valence-corrected chi connectivity index (χ3v) is 3.38. The molecular weight excluding hydrogens is 216 g/mol. The molecule has 4 heteroatoms. The monoisotopic (exact) mass is 232 g/mol. The van der Waals surface area contributed by atoms with Crippen LogP contribution in [0.5, 0.6) is 0 Å². The van der Waals surface area contributed by atoms with E-state index in [0.29, 0.717) is 6.61 Å². The molecule has 0 spiro atoms. The number of carbonyl (C=O) groups excluding carboxylic acids is 1. The Balaban J connectivity index is 1.73. The van der Waals surface area contributed by atoms with Crippen LogP contribution in [-0.4, -0.2) is 30.2 Å². The maximum atomic E-state index is 12.1. The topological polar surface area (TPSA) is 41.6 Å². The second-order valence-electron chi connectivity index (χ2n) is 4.53. The lowest BCUT2D eigenvalue weighted by Crippen LogP contribution is -2.48. The first kappa shape index (κ1) is 10.7. The van der Waals surface area contributed by atoms with Crippen molar-refractivity contribution in [3.63, 3.8) is 0 Å². The number of hydrogen-bond acceptors (Lipinski definition) is 3. The maximum absolute atomic E-state index is 12.1. The molecule has 1 unspecified atom stereocenters. The molecule has 1 saturated heterocycles. The Labute approximate surface area is 101 Å². The highest BCUT2D eigenvalue weighted by Crippen LogP contribution is 2.18. The zero-order valence-corrected chi connectivity index (χ0v) is 9.69. The number of carbonyl (C=O) groups is 1. The highest BCUT2D eigenvalue weighted by atomic mass is 16.7. The smallest absolute Gasteiger partial charge is 0.263 e. The van der Waals surface area contributed by atoms with E-state index in [0.717, 1.165) is 25.9 Å². The van der Waals surface area contributed by atoms with Crippen LogP contribution in [0.1, 0.15) is 17.5 Å². The van der Waals surface area contributed by atoms with Crippen molar-refractivity contribution in [2.45, 2.75) is 25.4 Å². The van der Waals surface area contributed by atoms with Crippen LogP contribution in [0, 0.1) is 0 Å². The van der Waals surface area contributed by atoms with E-state index in [4.69, 9.17) is 4.84 Å². The third-order valence-electron chi connectivity index (χ3n) is 3.38. The molecule has 3 rings (SSSR count). The summed E-state index contributed by atoms with van der Waals surface area (Å²) in [4.78, 5) is 17.4. The minimum absolute atomic E-state index is 0.0667. The molecule has 90 valence electrons. The number of benzene rings is 1. The van der Waals surface area contributed by atoms with Gasteiger partial charge >= 0.3 is 0 Å². The molecule has 0 saturated carbocycles. The van der Waals surface area contributed by atoms with Crippen molar-refractivity contribution >= 4 is 5.91 Å². The van der Waals surface area contributed by atoms with E-state index in [2.05, 4.69) is 17.4 Å². The van der Waals surface area contributed by atoms with Crippen molar-refractivity contribution in [1.29, 1.82) is 0 Å². The van der Waals surface area contributed by atoms with Crippen LogP contribution in [-0.2, 0) is 22.6 Å². The van der Waals surface area contributed by atoms with Crippen LogP contribution in [0.4, 0.5) is 0 Å². The summed E-state index contributed by atoms with van der Waals surface area (Å²) in [5, 5.41) is 4.79. The van der Waals surface area contributed by atoms with Crippen molar-refractivity contribution in [3.8, 4) is 0 Å². The summed E-state index contributed by atoms with van der Waals surface area (Å²) < 4.78 is 0. The van der Waals surface area contributed by atoms with Gasteiger partial charge in [0.15, 0.2) is 0 Å². The first-order chi connectivity index (χ1) is 8.34. The van der Waals surface area contributed by atoms with E-state index >= 15 is 0 Å². The van der Waals surface area contributed by atoms with Gasteiger partial charge in [-0.2, -0.15) is 0 Å². The first-order valence-corrected chi connectivity index (χ1v) is 6.09. The average Bonchev–Trinajstić information content (AvgIpc) is 2.91. The molecule has 1 amide bonds. The molecule has 0 aliphatic carbocycles. The predicted octanol–water partition coefficient (Wildman–Crippen LogP) is 0.865. The minimum atomic E-state index is -0.136. The van der Waals surface area contributed by atoms with Gasteiger partial charge in [-0.15, -0.1) is 0 Å². The van der Waals surface area contributed by atoms with Crippen molar-refractivity contribution < 1.29 is 9.63 Å². The zero-order valence-electron chi connectivity index (χ0n) is 9.69. The van der Waals surface area contributed by atoms with E-state index in [1.165, 1.54) is 16.2 Å². The second kappa shape index (κ2) is 4.47. The van der Waals surface area contributed by atoms with Gasteiger partial charge in [-0.05, 0) is 24.0 Å². The molecule has 4 nitrogen and oxygen atoms in total. The van der Waals surface area contributed by atoms with Crippen LogP contribution in [0.3, 0.4) is 0 Å². The summed E-state index contributed by atoms with van der Waals surface area (Å²) >= 11 is 0. The van der Waals surface area contributed by atoms with Crippen LogP contribution in [0.25, 0.3) is 0 Å². The summed E-state index contributed by atoms with van der Waals surface area (Å²) in [6.45, 7) is 2.15. The van der Waals surface area contributed by atoms with Gasteiger partial charge in [-0.3, -0.25) is 9.63 Å². The lowest BCUT2D eigenvalue weighted by atomic mass is 9.95. The molecule has 0 bridgehead atoms. The average molecular weight is 232 g/mol. The van der Waals surface area contributed by atoms with Crippen LogP contribution in [0.2, 0.25) is 0 Å². The maximum Gasteiger partial charge on any atom is 0.263 e. The van der Waals surface area contributed by atoms with Crippen molar-refractivity contribution in [1.82, 2.24) is 10.4 Å². The molecule has 2 aliphatic heterocycles. The van der Waals surface area contributed by atoms with Crippen molar-refractivity contribution in [2.24, 2.45) is 0 Å². The number of amides is 1. The molecule has 0 aromatic heterocycles. The highest BCUT2D eigenvalue weighted by molar-refractivity contribution is 5.81. The van der Waals surface area contributed by atoms with Gasteiger partial charge in [0.1, 0.15) is 0 Å². The number of fused-ring (bicyclic) bond motifs is 1. The van der Waals surface area contributed by atoms with Crippen LogP contribution >= 0.6 is 0 Å². The van der Waals surface area contributed by atoms with E-state index in [1.54, 1.807) is 0 Å². The van der Waals surface area contributed by atoms with Gasteiger partial charge in [0.05, 0.1) is 19.2 Å². The molecule has 0 radical (unpaired) electrons. The molecule has 2 aliphatic rings. The summed E-state index contributed by atoms with van der Waals surface area (Å²) in [5.74, 6) is 0.0667. The third kappa shape index (κ3) is 2.06. The van der Waals surface area contributed by atoms with Gasteiger partial charge < -0.3 is 5.32 Å². The largest absolute Gasteiger partial charge is 0.301 e. The first-order valence-electron chi connectivity index (χ1n) is 6.09. The molecule has 17 heavy (non-hydrogen) atoms. The normalized spacial score (nSPS) is 23.5. The Morgan fingerprint density at radius 1 is 1.35 bits per heavy atom. The quantitative estimate of drug-likeness (QED) is 0.781. The van der Waals surface area contributed by atoms with E-state index in [-0.39, 0.29) is 11.9 Å². The Bertz CT molecular complexity index is 427. The molecular formula is C13H16N2O2. The Hall–Kier alpha value is -1.39. The minimum Gasteiger partial charge on any atom is -0.301 e. The van der Waals surface area contributed by atoms with Crippen LogP contribution < -0.4 is 5.32 Å². The number of rotatable bonds is 1. The Morgan fingerprint density at radius 2 is 2.18 bits per heavy atom. The number of nitrogens with zero attached hydrogens (tertiary/aromatic N) is 1. The van der Waals surface area contributed by atoms with Crippen LogP contribution in [0.15, 0.2) is 24.3 Å². The molecule has 1 fully saturated rings. The SMILES string of the molecule is O=C(C1Cc2ccccc2CN1)N1CCCO1. The van der Waals surface area contributed by atoms with Gasteiger partial charge in [-0.25, -0.2) is 5.06 Å². The predicted molar refractivity (Wildman–Crippen MR) is 63.1 cm³/mol. The van der Waals surface area contributed by atoms with E-state index < -0.39 is 0 Å². The molecule has 1 aromatic rings. The molecule has 2 heterocycles.